The molecule has 3 rings (SSSR count). The highest BCUT2D eigenvalue weighted by Gasteiger charge is 2.29. The van der Waals surface area contributed by atoms with Gasteiger partial charge >= 0.3 is 11.9 Å². The Morgan fingerprint density at radius 2 is 2.03 bits per heavy atom. The van der Waals surface area contributed by atoms with Crippen molar-refractivity contribution < 1.29 is 23.9 Å². The first kappa shape index (κ1) is 20.6. The van der Waals surface area contributed by atoms with Crippen LogP contribution in [0.3, 0.4) is 0 Å². The molecule has 29 heavy (non-hydrogen) atoms. The van der Waals surface area contributed by atoms with Crippen LogP contribution in [0, 0.1) is 6.92 Å². The van der Waals surface area contributed by atoms with E-state index in [4.69, 9.17) is 9.47 Å². The summed E-state index contributed by atoms with van der Waals surface area (Å²) in [5, 5.41) is 3.28. The molecule has 2 aromatic rings. The smallest absolute Gasteiger partial charge is 0.340 e. The Labute approximate surface area is 171 Å². The van der Waals surface area contributed by atoms with Gasteiger partial charge < -0.3 is 19.8 Å². The maximum absolute atomic E-state index is 12.5. The highest BCUT2D eigenvalue weighted by Crippen LogP contribution is 2.33. The summed E-state index contributed by atoms with van der Waals surface area (Å²) in [6, 6.07) is 0. The van der Waals surface area contributed by atoms with Crippen LogP contribution in [0.2, 0.25) is 0 Å². The highest BCUT2D eigenvalue weighted by molar-refractivity contribution is 7.99. The molecule has 1 aliphatic heterocycles. The standard InChI is InChI=1S/C19H20N4O5S/c1-5-29-19-20-8-12-11(17(25)22-16(12)23-19)6-13-15(18(26)28-4)10(9(2)21-13)7-14(24)27-3/h6,8,21H,5,7H2,1-4H3,(H,20,22,23,25). The summed E-state index contributed by atoms with van der Waals surface area (Å²) in [5.41, 5.74) is 2.45. The number of aryl methyl sites for hydroxylation is 1. The Balaban J connectivity index is 2.09. The molecule has 0 unspecified atom stereocenters. The SMILES string of the molecule is CCSc1ncc2c(n1)NC(=O)C2=Cc1[nH]c(C)c(CC(=O)OC)c1C(=O)OC. The Bertz CT molecular complexity index is 1030. The number of nitrogens with zero attached hydrogens (tertiary/aromatic N) is 2. The zero-order valence-electron chi connectivity index (χ0n) is 16.4. The molecule has 0 aromatic carbocycles. The van der Waals surface area contributed by atoms with Gasteiger partial charge in [0.25, 0.3) is 5.91 Å². The topological polar surface area (TPSA) is 123 Å². The van der Waals surface area contributed by atoms with Crippen LogP contribution >= 0.6 is 11.8 Å². The molecule has 1 amide bonds. The summed E-state index contributed by atoms with van der Waals surface area (Å²) in [6.07, 6.45) is 3.01. The lowest BCUT2D eigenvalue weighted by Crippen LogP contribution is -2.11. The molecule has 1 aliphatic rings. The summed E-state index contributed by atoms with van der Waals surface area (Å²) in [4.78, 5) is 48.4. The Morgan fingerprint density at radius 1 is 1.28 bits per heavy atom. The van der Waals surface area contributed by atoms with Gasteiger partial charge in [-0.2, -0.15) is 0 Å². The van der Waals surface area contributed by atoms with Gasteiger partial charge in [-0.1, -0.05) is 18.7 Å². The van der Waals surface area contributed by atoms with Gasteiger partial charge in [0.05, 0.1) is 37.5 Å². The molecule has 0 bridgehead atoms. The minimum atomic E-state index is -0.621. The van der Waals surface area contributed by atoms with Crippen molar-refractivity contribution in [1.29, 1.82) is 0 Å². The summed E-state index contributed by atoms with van der Waals surface area (Å²) in [6.45, 7) is 3.71. The molecule has 152 valence electrons. The minimum absolute atomic E-state index is 0.101. The normalized spacial score (nSPS) is 13.9. The van der Waals surface area contributed by atoms with Crippen molar-refractivity contribution >= 4 is 47.1 Å². The van der Waals surface area contributed by atoms with Crippen molar-refractivity contribution in [3.63, 3.8) is 0 Å². The molecule has 0 fully saturated rings. The first-order chi connectivity index (χ1) is 13.9. The van der Waals surface area contributed by atoms with Gasteiger partial charge in [-0.3, -0.25) is 9.59 Å². The van der Waals surface area contributed by atoms with E-state index in [9.17, 15) is 14.4 Å². The maximum atomic E-state index is 12.5. The lowest BCUT2D eigenvalue weighted by atomic mass is 10.0. The van der Waals surface area contributed by atoms with E-state index >= 15 is 0 Å². The number of aromatic nitrogens is 3. The van der Waals surface area contributed by atoms with E-state index < -0.39 is 11.9 Å². The van der Waals surface area contributed by atoms with E-state index in [1.807, 2.05) is 6.92 Å². The van der Waals surface area contributed by atoms with E-state index in [-0.39, 0.29) is 17.9 Å². The largest absolute Gasteiger partial charge is 0.469 e. The van der Waals surface area contributed by atoms with Crippen molar-refractivity contribution in [2.24, 2.45) is 0 Å². The van der Waals surface area contributed by atoms with Crippen molar-refractivity contribution in [3.05, 3.63) is 34.3 Å². The molecule has 0 aliphatic carbocycles. The number of carbonyl (C=O) groups is 3. The molecule has 2 aromatic heterocycles. The third-order valence-electron chi connectivity index (χ3n) is 4.38. The molecule has 9 nitrogen and oxygen atoms in total. The van der Waals surface area contributed by atoms with Gasteiger partial charge in [0.1, 0.15) is 5.82 Å². The van der Waals surface area contributed by atoms with Gasteiger partial charge in [0, 0.05) is 17.5 Å². The number of methoxy groups -OCH3 is 2. The summed E-state index contributed by atoms with van der Waals surface area (Å²) < 4.78 is 9.59. The van der Waals surface area contributed by atoms with Crippen molar-refractivity contribution in [3.8, 4) is 0 Å². The number of ether oxygens (including phenoxy) is 2. The van der Waals surface area contributed by atoms with Crippen LogP contribution in [-0.2, 0) is 25.5 Å². The van der Waals surface area contributed by atoms with Gasteiger partial charge in [0.15, 0.2) is 5.16 Å². The quantitative estimate of drug-likeness (QED) is 0.318. The van der Waals surface area contributed by atoms with Crippen molar-refractivity contribution in [2.45, 2.75) is 25.4 Å². The first-order valence-corrected chi connectivity index (χ1v) is 9.77. The number of esters is 2. The number of hydrogen-bond acceptors (Lipinski definition) is 8. The second-order valence-electron chi connectivity index (χ2n) is 6.12. The summed E-state index contributed by atoms with van der Waals surface area (Å²) >= 11 is 1.47. The first-order valence-electron chi connectivity index (χ1n) is 8.79. The number of carbonyl (C=O) groups excluding carboxylic acids is 3. The lowest BCUT2D eigenvalue weighted by Gasteiger charge is -2.04. The second kappa shape index (κ2) is 8.48. The number of hydrogen-bond donors (Lipinski definition) is 2. The highest BCUT2D eigenvalue weighted by atomic mass is 32.2. The number of fused-ring (bicyclic) bond motifs is 1. The minimum Gasteiger partial charge on any atom is -0.469 e. The van der Waals surface area contributed by atoms with Crippen LogP contribution < -0.4 is 5.32 Å². The maximum Gasteiger partial charge on any atom is 0.340 e. The lowest BCUT2D eigenvalue weighted by molar-refractivity contribution is -0.139. The van der Waals surface area contributed by atoms with Crippen LogP contribution in [0.5, 0.6) is 0 Å². The third kappa shape index (κ3) is 4.02. The fraction of sp³-hybridized carbons (Fsp3) is 0.316. The van der Waals surface area contributed by atoms with Crippen LogP contribution in [0.15, 0.2) is 11.4 Å². The molecule has 0 atom stereocenters. The second-order valence-corrected chi connectivity index (χ2v) is 7.35. The number of anilines is 1. The molecule has 2 N–H and O–H groups in total. The zero-order chi connectivity index (χ0) is 21.1. The van der Waals surface area contributed by atoms with Crippen LogP contribution in [-0.4, -0.2) is 52.8 Å². The van der Waals surface area contributed by atoms with E-state index in [1.165, 1.54) is 32.1 Å². The molecule has 0 saturated carbocycles. The van der Waals surface area contributed by atoms with Crippen LogP contribution in [0.4, 0.5) is 5.82 Å². The van der Waals surface area contributed by atoms with E-state index in [2.05, 4.69) is 20.3 Å². The van der Waals surface area contributed by atoms with Gasteiger partial charge in [-0.25, -0.2) is 14.8 Å². The Morgan fingerprint density at radius 3 is 2.69 bits per heavy atom. The van der Waals surface area contributed by atoms with Crippen molar-refractivity contribution in [1.82, 2.24) is 15.0 Å². The number of rotatable bonds is 6. The number of aromatic amines is 1. The van der Waals surface area contributed by atoms with E-state index in [0.717, 1.165) is 5.75 Å². The zero-order valence-corrected chi connectivity index (χ0v) is 17.2. The predicted octanol–water partition coefficient (Wildman–Crippen LogP) is 2.22. The van der Waals surface area contributed by atoms with E-state index in [0.29, 0.717) is 39.1 Å². The fourth-order valence-corrected chi connectivity index (χ4v) is 3.55. The number of amides is 1. The fourth-order valence-electron chi connectivity index (χ4n) is 3.01. The molecule has 3 heterocycles. The van der Waals surface area contributed by atoms with Crippen molar-refractivity contribution in [2.75, 3.05) is 25.3 Å². The average molecular weight is 416 g/mol. The number of nitrogens with one attached hydrogen (secondary N) is 2. The van der Waals surface area contributed by atoms with Gasteiger partial charge in [-0.15, -0.1) is 0 Å². The number of thioether (sulfide) groups is 1. The molecule has 10 heteroatoms. The molecule has 0 saturated heterocycles. The summed E-state index contributed by atoms with van der Waals surface area (Å²) in [5.74, 6) is -0.238. The van der Waals surface area contributed by atoms with Crippen LogP contribution in [0.25, 0.3) is 11.6 Å². The third-order valence-corrected chi connectivity index (χ3v) is 5.12. The van der Waals surface area contributed by atoms with Gasteiger partial charge in [-0.05, 0) is 24.3 Å². The molecular formula is C19H20N4O5S. The monoisotopic (exact) mass is 416 g/mol. The Hall–Kier alpha value is -3.14. The van der Waals surface area contributed by atoms with Crippen LogP contribution in [0.1, 0.15) is 39.8 Å². The molecular weight excluding hydrogens is 396 g/mol. The average Bonchev–Trinajstić information content (AvgIpc) is 3.17. The molecule has 0 spiro atoms. The number of H-pyrrole nitrogens is 1. The Kier molecular flexibility index (Phi) is 6.02. The molecule has 0 radical (unpaired) electrons. The van der Waals surface area contributed by atoms with Gasteiger partial charge in [0.2, 0.25) is 0 Å². The summed E-state index contributed by atoms with van der Waals surface area (Å²) in [7, 11) is 2.53. The van der Waals surface area contributed by atoms with E-state index in [1.54, 1.807) is 13.1 Å². The predicted molar refractivity (Wildman–Crippen MR) is 108 cm³/mol.